The topological polar surface area (TPSA) is 86.1 Å². The molecule has 1 fully saturated rings. The highest BCUT2D eigenvalue weighted by Crippen LogP contribution is 2.30. The van der Waals surface area contributed by atoms with Gasteiger partial charge < -0.3 is 20.3 Å². The van der Waals surface area contributed by atoms with E-state index in [1.165, 1.54) is 5.69 Å². The molecule has 7 nitrogen and oxygen atoms in total. The van der Waals surface area contributed by atoms with Crippen molar-refractivity contribution in [1.29, 1.82) is 5.26 Å². The van der Waals surface area contributed by atoms with E-state index < -0.39 is 0 Å². The second-order valence-electron chi connectivity index (χ2n) is 8.39. The number of hydrogen-bond donors (Lipinski definition) is 2. The third-order valence-corrected chi connectivity index (χ3v) is 5.96. The molecule has 1 aliphatic heterocycles. The summed E-state index contributed by atoms with van der Waals surface area (Å²) in [5, 5.41) is 16.5. The van der Waals surface area contributed by atoms with Crippen molar-refractivity contribution >= 4 is 28.2 Å². The van der Waals surface area contributed by atoms with Crippen molar-refractivity contribution < 1.29 is 4.74 Å². The van der Waals surface area contributed by atoms with Crippen LogP contribution in [0, 0.1) is 11.3 Å². The minimum Gasteiger partial charge on any atom is -0.455 e. The SMILES string of the molecule is CC1CNCCN1c1ccc(Nc2ncc3cccc(Oc4ccc(CC#N)cc4)c3n2)cc1. The molecule has 1 aliphatic rings. The van der Waals surface area contributed by atoms with Crippen LogP contribution in [-0.2, 0) is 6.42 Å². The first-order valence-electron chi connectivity index (χ1n) is 11.4. The number of nitrogens with zero attached hydrogens (tertiary/aromatic N) is 4. The normalized spacial score (nSPS) is 15.6. The van der Waals surface area contributed by atoms with Crippen LogP contribution >= 0.6 is 0 Å². The van der Waals surface area contributed by atoms with E-state index in [9.17, 15) is 0 Å². The monoisotopic (exact) mass is 450 g/mol. The van der Waals surface area contributed by atoms with Gasteiger partial charge in [0.15, 0.2) is 5.75 Å². The maximum absolute atomic E-state index is 8.85. The van der Waals surface area contributed by atoms with Gasteiger partial charge in [-0.15, -0.1) is 0 Å². The Morgan fingerprint density at radius 1 is 1.12 bits per heavy atom. The van der Waals surface area contributed by atoms with Gasteiger partial charge in [0.25, 0.3) is 0 Å². The molecule has 170 valence electrons. The van der Waals surface area contributed by atoms with Gasteiger partial charge in [-0.05, 0) is 55.0 Å². The molecule has 0 amide bonds. The van der Waals surface area contributed by atoms with E-state index in [-0.39, 0.29) is 0 Å². The van der Waals surface area contributed by atoms with Gasteiger partial charge in [0.1, 0.15) is 11.3 Å². The Kier molecular flexibility index (Phi) is 6.23. The average Bonchev–Trinajstić information content (AvgIpc) is 2.87. The van der Waals surface area contributed by atoms with E-state index in [0.717, 1.165) is 41.8 Å². The van der Waals surface area contributed by atoms with Crippen molar-refractivity contribution in [2.45, 2.75) is 19.4 Å². The second kappa shape index (κ2) is 9.77. The third-order valence-electron chi connectivity index (χ3n) is 5.96. The lowest BCUT2D eigenvalue weighted by atomic mass is 10.1. The van der Waals surface area contributed by atoms with Crippen LogP contribution in [0.25, 0.3) is 10.9 Å². The van der Waals surface area contributed by atoms with Gasteiger partial charge in [0.2, 0.25) is 5.95 Å². The zero-order chi connectivity index (χ0) is 23.3. The van der Waals surface area contributed by atoms with Crippen molar-refractivity contribution in [3.63, 3.8) is 0 Å². The van der Waals surface area contributed by atoms with Gasteiger partial charge in [-0.2, -0.15) is 5.26 Å². The summed E-state index contributed by atoms with van der Waals surface area (Å²) < 4.78 is 6.11. The van der Waals surface area contributed by atoms with Crippen LogP contribution in [0.5, 0.6) is 11.5 Å². The van der Waals surface area contributed by atoms with Crippen molar-refractivity contribution in [2.24, 2.45) is 0 Å². The van der Waals surface area contributed by atoms with Gasteiger partial charge in [0.05, 0.1) is 12.5 Å². The quantitative estimate of drug-likeness (QED) is 0.426. The predicted octanol–water partition coefficient (Wildman–Crippen LogP) is 5.03. The summed E-state index contributed by atoms with van der Waals surface area (Å²) in [7, 11) is 0. The third kappa shape index (κ3) is 4.77. The van der Waals surface area contributed by atoms with Crippen LogP contribution in [0.4, 0.5) is 17.3 Å². The Morgan fingerprint density at radius 3 is 2.71 bits per heavy atom. The number of benzene rings is 3. The first kappa shape index (κ1) is 21.7. The lowest BCUT2D eigenvalue weighted by Crippen LogP contribution is -2.49. The van der Waals surface area contributed by atoms with Crippen molar-refractivity contribution in [3.05, 3.63) is 78.5 Å². The van der Waals surface area contributed by atoms with E-state index in [1.54, 1.807) is 6.20 Å². The molecular formula is C27H26N6O. The number of nitrogens with one attached hydrogen (secondary N) is 2. The van der Waals surface area contributed by atoms with Crippen LogP contribution in [0.1, 0.15) is 12.5 Å². The number of piperazine rings is 1. The lowest BCUT2D eigenvalue weighted by molar-refractivity contribution is 0.487. The number of hydrogen-bond acceptors (Lipinski definition) is 7. The van der Waals surface area contributed by atoms with Gasteiger partial charge >= 0.3 is 0 Å². The van der Waals surface area contributed by atoms with Crippen LogP contribution in [0.2, 0.25) is 0 Å². The first-order valence-corrected chi connectivity index (χ1v) is 11.4. The highest BCUT2D eigenvalue weighted by molar-refractivity contribution is 5.85. The fraction of sp³-hybridized carbons (Fsp3) is 0.222. The summed E-state index contributed by atoms with van der Waals surface area (Å²) in [5.74, 6) is 1.86. The summed E-state index contributed by atoms with van der Waals surface area (Å²) in [5.41, 5.74) is 3.83. The molecule has 0 bridgehead atoms. The second-order valence-corrected chi connectivity index (χ2v) is 8.39. The molecule has 0 radical (unpaired) electrons. The summed E-state index contributed by atoms with van der Waals surface area (Å²) in [4.78, 5) is 11.6. The van der Waals surface area contributed by atoms with E-state index in [1.807, 2.05) is 42.5 Å². The number of rotatable bonds is 6. The summed E-state index contributed by atoms with van der Waals surface area (Å²) >= 11 is 0. The van der Waals surface area contributed by atoms with Crippen LogP contribution in [0.15, 0.2) is 72.9 Å². The number of nitriles is 1. The standard InChI is InChI=1S/C27H26N6O/c1-19-17-29-15-16-33(19)23-9-7-22(8-10-23)31-27-30-18-21-3-2-4-25(26(21)32-27)34-24-11-5-20(6-12-24)13-14-28/h2-12,18-19,29H,13,15-17H2,1H3,(H,30,31,32). The molecule has 0 aliphatic carbocycles. The fourth-order valence-electron chi connectivity index (χ4n) is 4.15. The van der Waals surface area contributed by atoms with Gasteiger partial charge in [-0.25, -0.2) is 9.97 Å². The van der Waals surface area contributed by atoms with E-state index in [2.05, 4.69) is 57.8 Å². The molecule has 5 rings (SSSR count). The van der Waals surface area contributed by atoms with Gasteiger partial charge in [-0.1, -0.05) is 24.3 Å². The molecule has 1 aromatic heterocycles. The Labute approximate surface area is 199 Å². The molecule has 3 aromatic carbocycles. The maximum atomic E-state index is 8.85. The zero-order valence-electron chi connectivity index (χ0n) is 19.0. The van der Waals surface area contributed by atoms with Gasteiger partial charge in [-0.3, -0.25) is 0 Å². The van der Waals surface area contributed by atoms with E-state index >= 15 is 0 Å². The molecule has 4 aromatic rings. The summed E-state index contributed by atoms with van der Waals surface area (Å²) in [6.45, 7) is 5.25. The molecule has 1 saturated heterocycles. The first-order chi connectivity index (χ1) is 16.7. The average molecular weight is 451 g/mol. The number of anilines is 3. The van der Waals surface area contributed by atoms with Crippen LogP contribution in [-0.4, -0.2) is 35.6 Å². The summed E-state index contributed by atoms with van der Waals surface area (Å²) in [6, 6.07) is 24.3. The number of fused-ring (bicyclic) bond motifs is 1. The number of ether oxygens (including phenoxy) is 1. The van der Waals surface area contributed by atoms with E-state index in [4.69, 9.17) is 15.0 Å². The predicted molar refractivity (Wildman–Crippen MR) is 135 cm³/mol. The molecule has 7 heteroatoms. The summed E-state index contributed by atoms with van der Waals surface area (Å²) in [6.07, 6.45) is 2.18. The lowest BCUT2D eigenvalue weighted by Gasteiger charge is -2.36. The largest absolute Gasteiger partial charge is 0.455 e. The molecule has 0 saturated carbocycles. The smallest absolute Gasteiger partial charge is 0.227 e. The Balaban J connectivity index is 1.35. The molecule has 1 atom stereocenters. The molecule has 0 spiro atoms. The van der Waals surface area contributed by atoms with Crippen molar-refractivity contribution in [2.75, 3.05) is 29.9 Å². The Morgan fingerprint density at radius 2 is 1.94 bits per heavy atom. The van der Waals surface area contributed by atoms with E-state index in [0.29, 0.717) is 29.9 Å². The highest BCUT2D eigenvalue weighted by Gasteiger charge is 2.18. The van der Waals surface area contributed by atoms with Crippen LogP contribution < -0.4 is 20.3 Å². The fourth-order valence-corrected chi connectivity index (χ4v) is 4.15. The van der Waals surface area contributed by atoms with Gasteiger partial charge in [0, 0.05) is 48.6 Å². The Hall–Kier alpha value is -4.15. The number of aromatic nitrogens is 2. The van der Waals surface area contributed by atoms with Crippen LogP contribution in [0.3, 0.4) is 0 Å². The minimum atomic E-state index is 0.381. The minimum absolute atomic E-state index is 0.381. The van der Waals surface area contributed by atoms with Crippen molar-refractivity contribution in [3.8, 4) is 17.6 Å². The molecule has 1 unspecified atom stereocenters. The molecule has 34 heavy (non-hydrogen) atoms. The zero-order valence-corrected chi connectivity index (χ0v) is 19.0. The highest BCUT2D eigenvalue weighted by atomic mass is 16.5. The number of para-hydroxylation sites is 1. The molecule has 2 heterocycles. The van der Waals surface area contributed by atoms with Crippen molar-refractivity contribution in [1.82, 2.24) is 15.3 Å². The molecule has 2 N–H and O–H groups in total. The molecular weight excluding hydrogens is 424 g/mol. The Bertz CT molecular complexity index is 1310. The maximum Gasteiger partial charge on any atom is 0.227 e.